The molecule has 0 saturated carbocycles. The summed E-state index contributed by atoms with van der Waals surface area (Å²) in [5.41, 5.74) is 2.47. The van der Waals surface area contributed by atoms with Gasteiger partial charge in [-0.1, -0.05) is 23.4 Å². The van der Waals surface area contributed by atoms with Crippen molar-refractivity contribution >= 4 is 0 Å². The number of nitrogens with zero attached hydrogens (tertiary/aromatic N) is 3. The average molecular weight is 267 g/mol. The van der Waals surface area contributed by atoms with Crippen molar-refractivity contribution in [3.8, 4) is 28.7 Å². The molecular weight excluding hydrogens is 254 g/mol. The monoisotopic (exact) mass is 267 g/mol. The molecule has 1 aromatic carbocycles. The Balaban J connectivity index is 2.05. The number of hydrogen-bond acceptors (Lipinski definition) is 5. The first kappa shape index (κ1) is 12.3. The molecule has 5 heteroatoms. The second kappa shape index (κ2) is 5.13. The highest BCUT2D eigenvalue weighted by Crippen LogP contribution is 2.29. The molecule has 100 valence electrons. The van der Waals surface area contributed by atoms with E-state index in [4.69, 9.17) is 9.26 Å². The fourth-order valence-corrected chi connectivity index (χ4v) is 1.97. The number of methoxy groups -OCH3 is 1. The SMILES string of the molecule is COc1ccccc1-c1noc(-c2ncccc2C)n1. The van der Waals surface area contributed by atoms with Crippen LogP contribution < -0.4 is 4.74 Å². The van der Waals surface area contributed by atoms with Crippen LogP contribution in [0.1, 0.15) is 5.56 Å². The first-order chi connectivity index (χ1) is 9.79. The Morgan fingerprint density at radius 1 is 1.10 bits per heavy atom. The lowest BCUT2D eigenvalue weighted by atomic mass is 10.2. The summed E-state index contributed by atoms with van der Waals surface area (Å²) < 4.78 is 10.6. The molecule has 0 spiro atoms. The Hall–Kier alpha value is -2.69. The van der Waals surface area contributed by atoms with Crippen molar-refractivity contribution in [1.82, 2.24) is 15.1 Å². The van der Waals surface area contributed by atoms with Gasteiger partial charge < -0.3 is 9.26 Å². The molecule has 0 aliphatic heterocycles. The molecule has 20 heavy (non-hydrogen) atoms. The molecule has 5 nitrogen and oxygen atoms in total. The van der Waals surface area contributed by atoms with E-state index >= 15 is 0 Å². The Morgan fingerprint density at radius 2 is 1.95 bits per heavy atom. The van der Waals surface area contributed by atoms with E-state index in [-0.39, 0.29) is 0 Å². The van der Waals surface area contributed by atoms with Crippen LogP contribution in [-0.2, 0) is 0 Å². The first-order valence-corrected chi connectivity index (χ1v) is 6.18. The van der Waals surface area contributed by atoms with E-state index < -0.39 is 0 Å². The molecule has 0 aliphatic carbocycles. The van der Waals surface area contributed by atoms with Crippen molar-refractivity contribution in [3.05, 3.63) is 48.2 Å². The Kier molecular flexibility index (Phi) is 3.16. The van der Waals surface area contributed by atoms with Gasteiger partial charge >= 0.3 is 0 Å². The molecule has 0 unspecified atom stereocenters. The van der Waals surface area contributed by atoms with Gasteiger partial charge in [0.05, 0.1) is 12.7 Å². The van der Waals surface area contributed by atoms with E-state index in [0.717, 1.165) is 11.1 Å². The van der Waals surface area contributed by atoms with Gasteiger partial charge in [-0.25, -0.2) is 0 Å². The summed E-state index contributed by atoms with van der Waals surface area (Å²) in [6.45, 7) is 1.95. The Morgan fingerprint density at radius 3 is 2.75 bits per heavy atom. The number of aryl methyl sites for hydroxylation is 1. The van der Waals surface area contributed by atoms with Crippen molar-refractivity contribution < 1.29 is 9.26 Å². The predicted octanol–water partition coefficient (Wildman–Crippen LogP) is 3.12. The smallest absolute Gasteiger partial charge is 0.277 e. The van der Waals surface area contributed by atoms with Crippen molar-refractivity contribution in [2.75, 3.05) is 7.11 Å². The minimum atomic E-state index is 0.406. The van der Waals surface area contributed by atoms with Crippen LogP contribution in [0.15, 0.2) is 47.1 Å². The number of hydrogen-bond donors (Lipinski definition) is 0. The molecule has 3 rings (SSSR count). The van der Waals surface area contributed by atoms with E-state index in [2.05, 4.69) is 15.1 Å². The largest absolute Gasteiger partial charge is 0.496 e. The predicted molar refractivity (Wildman–Crippen MR) is 74.3 cm³/mol. The lowest BCUT2D eigenvalue weighted by Crippen LogP contribution is -1.90. The van der Waals surface area contributed by atoms with Gasteiger partial charge in [0.25, 0.3) is 5.89 Å². The maximum absolute atomic E-state index is 5.31. The van der Waals surface area contributed by atoms with E-state index in [1.54, 1.807) is 13.3 Å². The minimum absolute atomic E-state index is 0.406. The summed E-state index contributed by atoms with van der Waals surface area (Å²) in [6, 6.07) is 11.4. The van der Waals surface area contributed by atoms with Gasteiger partial charge in [0.2, 0.25) is 5.82 Å². The van der Waals surface area contributed by atoms with Crippen LogP contribution >= 0.6 is 0 Å². The zero-order chi connectivity index (χ0) is 13.9. The standard InChI is InChI=1S/C15H13N3O2/c1-10-6-5-9-16-13(10)15-17-14(18-20-15)11-7-3-4-8-12(11)19-2/h3-9H,1-2H3. The molecular formula is C15H13N3O2. The highest BCUT2D eigenvalue weighted by Gasteiger charge is 2.15. The van der Waals surface area contributed by atoms with Crippen molar-refractivity contribution in [2.45, 2.75) is 6.92 Å². The Labute approximate surface area is 116 Å². The van der Waals surface area contributed by atoms with Gasteiger partial charge in [0.1, 0.15) is 11.4 Å². The number of para-hydroxylation sites is 1. The van der Waals surface area contributed by atoms with E-state index in [9.17, 15) is 0 Å². The first-order valence-electron chi connectivity index (χ1n) is 6.18. The topological polar surface area (TPSA) is 61.0 Å². The van der Waals surface area contributed by atoms with E-state index in [0.29, 0.717) is 23.2 Å². The van der Waals surface area contributed by atoms with Crippen LogP contribution in [0.2, 0.25) is 0 Å². The van der Waals surface area contributed by atoms with Crippen LogP contribution in [0.4, 0.5) is 0 Å². The number of pyridine rings is 1. The van der Waals surface area contributed by atoms with Crippen LogP contribution in [0.25, 0.3) is 23.0 Å². The van der Waals surface area contributed by atoms with Crippen LogP contribution in [0.5, 0.6) is 5.75 Å². The normalized spacial score (nSPS) is 10.5. The molecule has 0 saturated heterocycles. The second-order valence-corrected chi connectivity index (χ2v) is 4.29. The van der Waals surface area contributed by atoms with Gasteiger partial charge in [-0.3, -0.25) is 4.98 Å². The van der Waals surface area contributed by atoms with Gasteiger partial charge in [-0.2, -0.15) is 4.98 Å². The van der Waals surface area contributed by atoms with Crippen molar-refractivity contribution in [3.63, 3.8) is 0 Å². The van der Waals surface area contributed by atoms with Gasteiger partial charge in [-0.15, -0.1) is 0 Å². The molecule has 2 aromatic heterocycles. The number of benzene rings is 1. The van der Waals surface area contributed by atoms with Crippen molar-refractivity contribution in [2.24, 2.45) is 0 Å². The minimum Gasteiger partial charge on any atom is -0.496 e. The van der Waals surface area contributed by atoms with Crippen LogP contribution in [0, 0.1) is 6.92 Å². The lowest BCUT2D eigenvalue weighted by Gasteiger charge is -2.03. The molecule has 0 radical (unpaired) electrons. The molecule has 0 aliphatic rings. The number of aromatic nitrogens is 3. The summed E-state index contributed by atoms with van der Waals surface area (Å²) in [7, 11) is 1.61. The maximum atomic E-state index is 5.31. The summed E-state index contributed by atoms with van der Waals surface area (Å²) >= 11 is 0. The van der Waals surface area contributed by atoms with Gasteiger partial charge in [0, 0.05) is 6.20 Å². The highest BCUT2D eigenvalue weighted by molar-refractivity contribution is 5.65. The highest BCUT2D eigenvalue weighted by atomic mass is 16.5. The second-order valence-electron chi connectivity index (χ2n) is 4.29. The molecule has 0 amide bonds. The third-order valence-corrected chi connectivity index (χ3v) is 2.99. The van der Waals surface area contributed by atoms with Gasteiger partial charge in [0.15, 0.2) is 0 Å². The fraction of sp³-hybridized carbons (Fsp3) is 0.133. The summed E-state index contributed by atoms with van der Waals surface area (Å²) in [5.74, 6) is 1.60. The molecule has 0 bridgehead atoms. The average Bonchev–Trinajstić information content (AvgIpc) is 2.97. The van der Waals surface area contributed by atoms with Crippen molar-refractivity contribution in [1.29, 1.82) is 0 Å². The Bertz CT molecular complexity index is 737. The molecule has 0 fully saturated rings. The third-order valence-electron chi connectivity index (χ3n) is 2.99. The van der Waals surface area contributed by atoms with Gasteiger partial charge in [-0.05, 0) is 30.7 Å². The molecule has 2 heterocycles. The van der Waals surface area contributed by atoms with E-state index in [1.807, 2.05) is 43.3 Å². The number of ether oxygens (including phenoxy) is 1. The third kappa shape index (κ3) is 2.14. The number of rotatable bonds is 3. The maximum Gasteiger partial charge on any atom is 0.277 e. The zero-order valence-electron chi connectivity index (χ0n) is 11.2. The summed E-state index contributed by atoms with van der Waals surface area (Å²) in [5, 5.41) is 4.01. The molecule has 0 atom stereocenters. The quantitative estimate of drug-likeness (QED) is 0.729. The summed E-state index contributed by atoms with van der Waals surface area (Å²) in [6.07, 6.45) is 1.70. The lowest BCUT2D eigenvalue weighted by molar-refractivity contribution is 0.413. The summed E-state index contributed by atoms with van der Waals surface area (Å²) in [4.78, 5) is 8.67. The van der Waals surface area contributed by atoms with Crippen LogP contribution in [-0.4, -0.2) is 22.2 Å². The fourth-order valence-electron chi connectivity index (χ4n) is 1.97. The molecule has 3 aromatic rings. The molecule has 0 N–H and O–H groups in total. The van der Waals surface area contributed by atoms with E-state index in [1.165, 1.54) is 0 Å². The zero-order valence-corrected chi connectivity index (χ0v) is 11.2. The van der Waals surface area contributed by atoms with Crippen LogP contribution in [0.3, 0.4) is 0 Å².